The fraction of sp³-hybridized carbons (Fsp3) is 0.556. The summed E-state index contributed by atoms with van der Waals surface area (Å²) in [4.78, 5) is 23.0. The van der Waals surface area contributed by atoms with Crippen LogP contribution in [0.5, 0.6) is 0 Å². The molecule has 0 spiro atoms. The smallest absolute Gasteiger partial charge is 0.305 e. The third kappa shape index (κ3) is 6.82. The fourth-order valence-electron chi connectivity index (χ4n) is 2.29. The molecule has 128 valence electrons. The largest absolute Gasteiger partial charge is 0.481 e. The van der Waals surface area contributed by atoms with Crippen LogP contribution in [0.4, 0.5) is 0 Å². The lowest BCUT2D eigenvalue weighted by molar-refractivity contribution is -0.137. The molecular formula is C18H27NO4. The number of hydrogen-bond donors (Lipinski definition) is 2. The summed E-state index contributed by atoms with van der Waals surface area (Å²) in [5.74, 6) is -1.10. The zero-order valence-corrected chi connectivity index (χ0v) is 14.4. The van der Waals surface area contributed by atoms with Crippen molar-refractivity contribution < 1.29 is 19.4 Å². The summed E-state index contributed by atoms with van der Waals surface area (Å²) in [5, 5.41) is 11.9. The van der Waals surface area contributed by atoms with Gasteiger partial charge in [-0.2, -0.15) is 0 Å². The molecule has 0 aliphatic carbocycles. The lowest BCUT2D eigenvalue weighted by Crippen LogP contribution is -2.30. The Labute approximate surface area is 138 Å². The number of carbonyl (C=O) groups excluding carboxylic acids is 1. The van der Waals surface area contributed by atoms with Crippen molar-refractivity contribution >= 4 is 11.9 Å². The van der Waals surface area contributed by atoms with Crippen molar-refractivity contribution in [3.8, 4) is 0 Å². The van der Waals surface area contributed by atoms with E-state index in [2.05, 4.69) is 26.1 Å². The van der Waals surface area contributed by atoms with Crippen LogP contribution in [0, 0.1) is 0 Å². The van der Waals surface area contributed by atoms with Crippen LogP contribution in [-0.4, -0.2) is 30.7 Å². The van der Waals surface area contributed by atoms with Gasteiger partial charge >= 0.3 is 5.97 Å². The van der Waals surface area contributed by atoms with E-state index in [-0.39, 0.29) is 17.7 Å². The first-order chi connectivity index (χ1) is 10.7. The Kier molecular flexibility index (Phi) is 7.23. The number of nitrogens with one attached hydrogen (secondary N) is 1. The van der Waals surface area contributed by atoms with Gasteiger partial charge in [0.2, 0.25) is 5.91 Å². The molecule has 1 rings (SSSR count). The van der Waals surface area contributed by atoms with Crippen molar-refractivity contribution in [1.29, 1.82) is 0 Å². The molecule has 0 aromatic heterocycles. The van der Waals surface area contributed by atoms with Gasteiger partial charge < -0.3 is 15.2 Å². The summed E-state index contributed by atoms with van der Waals surface area (Å²) in [6.07, 6.45) is 0.806. The average Bonchev–Trinajstić information content (AvgIpc) is 2.45. The maximum absolute atomic E-state index is 11.9. The Balaban J connectivity index is 2.81. The quantitative estimate of drug-likeness (QED) is 0.722. The molecule has 5 heteroatoms. The molecule has 1 aromatic rings. The number of rotatable bonds is 8. The summed E-state index contributed by atoms with van der Waals surface area (Å²) in [6.45, 7) is 6.87. The van der Waals surface area contributed by atoms with Crippen molar-refractivity contribution in [3.05, 3.63) is 35.4 Å². The molecule has 0 aliphatic heterocycles. The Hall–Kier alpha value is -1.88. The van der Waals surface area contributed by atoms with E-state index < -0.39 is 12.0 Å². The summed E-state index contributed by atoms with van der Waals surface area (Å²) in [5.41, 5.74) is 2.01. The molecule has 1 amide bonds. The number of amides is 1. The highest BCUT2D eigenvalue weighted by atomic mass is 16.5. The third-order valence-corrected chi connectivity index (χ3v) is 3.65. The molecule has 0 saturated heterocycles. The van der Waals surface area contributed by atoms with Crippen molar-refractivity contribution in [3.63, 3.8) is 0 Å². The van der Waals surface area contributed by atoms with Gasteiger partial charge in [0, 0.05) is 20.1 Å². The first kappa shape index (κ1) is 19.2. The zero-order chi connectivity index (χ0) is 17.5. The molecule has 23 heavy (non-hydrogen) atoms. The predicted molar refractivity (Wildman–Crippen MR) is 89.4 cm³/mol. The highest BCUT2D eigenvalue weighted by molar-refractivity contribution is 5.77. The van der Waals surface area contributed by atoms with E-state index in [1.54, 1.807) is 7.11 Å². The van der Waals surface area contributed by atoms with Gasteiger partial charge in [-0.25, -0.2) is 0 Å². The van der Waals surface area contributed by atoms with Gasteiger partial charge in [0.25, 0.3) is 0 Å². The summed E-state index contributed by atoms with van der Waals surface area (Å²) >= 11 is 0. The van der Waals surface area contributed by atoms with Gasteiger partial charge in [0.05, 0.1) is 12.5 Å². The van der Waals surface area contributed by atoms with E-state index in [1.165, 1.54) is 5.56 Å². The molecule has 1 atom stereocenters. The van der Waals surface area contributed by atoms with Gasteiger partial charge in [-0.1, -0.05) is 45.0 Å². The summed E-state index contributed by atoms with van der Waals surface area (Å²) < 4.78 is 4.92. The minimum absolute atomic E-state index is 0.0320. The number of benzene rings is 1. The topological polar surface area (TPSA) is 75.6 Å². The minimum Gasteiger partial charge on any atom is -0.481 e. The van der Waals surface area contributed by atoms with Crippen LogP contribution in [0.3, 0.4) is 0 Å². The predicted octanol–water partition coefficient (Wildman–Crippen LogP) is 3.04. The molecule has 0 saturated carbocycles. The molecule has 1 aromatic carbocycles. The number of carboxylic acid groups (broad SMARTS) is 1. The van der Waals surface area contributed by atoms with Gasteiger partial charge in [-0.15, -0.1) is 0 Å². The highest BCUT2D eigenvalue weighted by Crippen LogP contribution is 2.25. The first-order valence-corrected chi connectivity index (χ1v) is 7.84. The second kappa shape index (κ2) is 8.67. The number of hydrogen-bond acceptors (Lipinski definition) is 3. The summed E-state index contributed by atoms with van der Waals surface area (Å²) in [7, 11) is 1.59. The van der Waals surface area contributed by atoms with E-state index in [0.29, 0.717) is 19.4 Å². The van der Waals surface area contributed by atoms with Crippen LogP contribution in [0.15, 0.2) is 24.3 Å². The Morgan fingerprint density at radius 3 is 2.30 bits per heavy atom. The van der Waals surface area contributed by atoms with Gasteiger partial charge in [0.15, 0.2) is 0 Å². The molecule has 2 N–H and O–H groups in total. The fourth-order valence-corrected chi connectivity index (χ4v) is 2.29. The standard InChI is InChI=1S/C18H27NO4/c1-18(2,3)14-9-7-13(8-10-14)15(12-17(21)22)19-16(20)6-5-11-23-4/h7-10,15H,5-6,11-12H2,1-4H3,(H,19,20)(H,21,22). The molecule has 0 aliphatic rings. The van der Waals surface area contributed by atoms with Gasteiger partial charge in [0.1, 0.15) is 0 Å². The van der Waals surface area contributed by atoms with Crippen molar-refractivity contribution in [2.75, 3.05) is 13.7 Å². The third-order valence-electron chi connectivity index (χ3n) is 3.65. The lowest BCUT2D eigenvalue weighted by atomic mass is 9.86. The van der Waals surface area contributed by atoms with E-state index in [1.807, 2.05) is 24.3 Å². The maximum atomic E-state index is 11.9. The minimum atomic E-state index is -0.938. The number of carbonyl (C=O) groups is 2. The van der Waals surface area contributed by atoms with Crippen molar-refractivity contribution in [2.24, 2.45) is 0 Å². The Morgan fingerprint density at radius 2 is 1.83 bits per heavy atom. The molecule has 1 unspecified atom stereocenters. The van der Waals surface area contributed by atoms with Gasteiger partial charge in [-0.05, 0) is 23.0 Å². The van der Waals surface area contributed by atoms with Crippen molar-refractivity contribution in [2.45, 2.75) is 51.5 Å². The number of aliphatic carboxylic acids is 1. The van der Waals surface area contributed by atoms with Crippen LogP contribution < -0.4 is 5.32 Å². The van der Waals surface area contributed by atoms with Crippen LogP contribution in [-0.2, 0) is 19.7 Å². The molecule has 0 fully saturated rings. The monoisotopic (exact) mass is 321 g/mol. The van der Waals surface area contributed by atoms with E-state index in [4.69, 9.17) is 9.84 Å². The van der Waals surface area contributed by atoms with E-state index in [0.717, 1.165) is 5.56 Å². The molecular weight excluding hydrogens is 294 g/mol. The highest BCUT2D eigenvalue weighted by Gasteiger charge is 2.19. The molecule has 0 bridgehead atoms. The Morgan fingerprint density at radius 1 is 1.22 bits per heavy atom. The summed E-state index contributed by atoms with van der Waals surface area (Å²) in [6, 6.07) is 7.24. The normalized spacial score (nSPS) is 12.7. The number of ether oxygens (including phenoxy) is 1. The van der Waals surface area contributed by atoms with E-state index >= 15 is 0 Å². The average molecular weight is 321 g/mol. The Bertz CT molecular complexity index is 517. The molecule has 0 radical (unpaired) electrons. The van der Waals surface area contributed by atoms with E-state index in [9.17, 15) is 9.59 Å². The SMILES string of the molecule is COCCCC(=O)NC(CC(=O)O)c1ccc(C(C)(C)C)cc1. The molecule has 5 nitrogen and oxygen atoms in total. The van der Waals surface area contributed by atoms with Crippen LogP contribution in [0.25, 0.3) is 0 Å². The first-order valence-electron chi connectivity index (χ1n) is 7.84. The van der Waals surface area contributed by atoms with Gasteiger partial charge in [-0.3, -0.25) is 9.59 Å². The maximum Gasteiger partial charge on any atom is 0.305 e. The number of methoxy groups -OCH3 is 1. The van der Waals surface area contributed by atoms with Crippen LogP contribution in [0.2, 0.25) is 0 Å². The van der Waals surface area contributed by atoms with Crippen LogP contribution >= 0.6 is 0 Å². The second-order valence-corrected chi connectivity index (χ2v) is 6.69. The number of carboxylic acids is 1. The van der Waals surface area contributed by atoms with Crippen LogP contribution in [0.1, 0.15) is 57.2 Å². The van der Waals surface area contributed by atoms with Crippen molar-refractivity contribution in [1.82, 2.24) is 5.32 Å². The second-order valence-electron chi connectivity index (χ2n) is 6.69. The lowest BCUT2D eigenvalue weighted by Gasteiger charge is -2.22. The molecule has 0 heterocycles. The zero-order valence-electron chi connectivity index (χ0n) is 14.4.